The van der Waals surface area contributed by atoms with E-state index in [0.717, 1.165) is 10.6 Å². The number of aromatic nitrogens is 2. The Morgan fingerprint density at radius 3 is 2.62 bits per heavy atom. The minimum absolute atomic E-state index is 0.179. The number of hydrogen-bond donors (Lipinski definition) is 3. The van der Waals surface area contributed by atoms with Crippen molar-refractivity contribution in [2.24, 2.45) is 0 Å². The third-order valence-corrected chi connectivity index (χ3v) is 2.95. The SMILES string of the molecule is O=C(O)c1cn2c(P(=O)(O)O)cccc2n1. The maximum atomic E-state index is 11.1. The van der Waals surface area contributed by atoms with Crippen LogP contribution in [0.5, 0.6) is 0 Å². The summed E-state index contributed by atoms with van der Waals surface area (Å²) in [5, 5.41) is 8.71. The normalized spacial score (nSPS) is 11.9. The molecule has 0 fully saturated rings. The minimum atomic E-state index is -4.45. The van der Waals surface area contributed by atoms with Gasteiger partial charge in [0.25, 0.3) is 0 Å². The molecule has 16 heavy (non-hydrogen) atoms. The average molecular weight is 242 g/mol. The van der Waals surface area contributed by atoms with Crippen molar-refractivity contribution in [3.8, 4) is 0 Å². The number of carbonyl (C=O) groups is 1. The molecule has 0 saturated carbocycles. The summed E-state index contributed by atoms with van der Waals surface area (Å²) in [5.41, 5.74) is -0.371. The Balaban J connectivity index is 2.78. The third-order valence-electron chi connectivity index (χ3n) is 1.99. The van der Waals surface area contributed by atoms with Crippen LogP contribution in [-0.4, -0.2) is 30.2 Å². The van der Waals surface area contributed by atoms with Crippen molar-refractivity contribution in [3.63, 3.8) is 0 Å². The van der Waals surface area contributed by atoms with Gasteiger partial charge in [0.1, 0.15) is 11.1 Å². The molecule has 0 saturated heterocycles. The zero-order valence-corrected chi connectivity index (χ0v) is 8.70. The lowest BCUT2D eigenvalue weighted by Crippen LogP contribution is -2.13. The molecule has 3 N–H and O–H groups in total. The van der Waals surface area contributed by atoms with E-state index in [0.29, 0.717) is 0 Å². The van der Waals surface area contributed by atoms with E-state index in [1.54, 1.807) is 0 Å². The number of nitrogens with zero attached hydrogens (tertiary/aromatic N) is 2. The van der Waals surface area contributed by atoms with Gasteiger partial charge in [-0.2, -0.15) is 0 Å². The van der Waals surface area contributed by atoms with Crippen LogP contribution in [0, 0.1) is 0 Å². The first-order valence-corrected chi connectivity index (χ1v) is 5.78. The maximum absolute atomic E-state index is 11.1. The lowest BCUT2D eigenvalue weighted by molar-refractivity contribution is 0.0691. The van der Waals surface area contributed by atoms with Crippen molar-refractivity contribution >= 4 is 24.6 Å². The van der Waals surface area contributed by atoms with Crippen LogP contribution in [-0.2, 0) is 4.57 Å². The quantitative estimate of drug-likeness (QED) is 0.630. The molecular formula is C8H7N2O5P. The number of rotatable bonds is 2. The van der Waals surface area contributed by atoms with Gasteiger partial charge in [-0.15, -0.1) is 0 Å². The number of fused-ring (bicyclic) bond motifs is 1. The van der Waals surface area contributed by atoms with Crippen LogP contribution in [0.25, 0.3) is 5.65 Å². The predicted octanol–water partition coefficient (Wildman–Crippen LogP) is -0.164. The number of carboxylic acid groups (broad SMARTS) is 1. The van der Waals surface area contributed by atoms with Gasteiger partial charge in [0, 0.05) is 6.20 Å². The van der Waals surface area contributed by atoms with Crippen LogP contribution in [0.4, 0.5) is 0 Å². The topological polar surface area (TPSA) is 112 Å². The fourth-order valence-corrected chi connectivity index (χ4v) is 2.06. The Labute approximate surface area is 89.1 Å². The zero-order valence-electron chi connectivity index (χ0n) is 7.81. The zero-order chi connectivity index (χ0) is 11.9. The van der Waals surface area contributed by atoms with Gasteiger partial charge in [-0.3, -0.25) is 8.97 Å². The standard InChI is InChI=1S/C8H7N2O5P/c11-8(12)5-4-10-6(9-5)2-1-3-7(10)16(13,14)15/h1-4H,(H,11,12)(H2,13,14,15). The van der Waals surface area contributed by atoms with Crippen LogP contribution in [0.3, 0.4) is 0 Å². The first-order valence-electron chi connectivity index (χ1n) is 4.17. The van der Waals surface area contributed by atoms with Crippen molar-refractivity contribution in [1.82, 2.24) is 9.38 Å². The van der Waals surface area contributed by atoms with E-state index in [1.165, 1.54) is 18.2 Å². The molecule has 0 amide bonds. The molecule has 0 aromatic carbocycles. The Morgan fingerprint density at radius 2 is 2.06 bits per heavy atom. The molecule has 0 aliphatic heterocycles. The summed E-state index contributed by atoms with van der Waals surface area (Å²) in [5.74, 6) is -1.25. The predicted molar refractivity (Wildman–Crippen MR) is 53.8 cm³/mol. The van der Waals surface area contributed by atoms with Gasteiger partial charge >= 0.3 is 13.6 Å². The summed E-state index contributed by atoms with van der Waals surface area (Å²) in [4.78, 5) is 32.5. The van der Waals surface area contributed by atoms with E-state index in [9.17, 15) is 9.36 Å². The molecule has 0 atom stereocenters. The van der Waals surface area contributed by atoms with Gasteiger partial charge in [-0.05, 0) is 12.1 Å². The second-order valence-electron chi connectivity index (χ2n) is 3.09. The van der Waals surface area contributed by atoms with E-state index in [2.05, 4.69) is 4.98 Å². The first kappa shape index (κ1) is 10.8. The Kier molecular flexibility index (Phi) is 2.31. The number of carboxylic acids is 1. The fourth-order valence-electron chi connectivity index (χ4n) is 1.34. The van der Waals surface area contributed by atoms with Gasteiger partial charge in [0.2, 0.25) is 0 Å². The molecule has 0 radical (unpaired) electrons. The Hall–Kier alpha value is -1.69. The van der Waals surface area contributed by atoms with Crippen molar-refractivity contribution in [2.45, 2.75) is 0 Å². The lowest BCUT2D eigenvalue weighted by atomic mass is 10.5. The maximum Gasteiger partial charge on any atom is 0.372 e. The molecule has 0 spiro atoms. The van der Waals surface area contributed by atoms with Crippen molar-refractivity contribution in [2.75, 3.05) is 0 Å². The van der Waals surface area contributed by atoms with Gasteiger partial charge in [0.05, 0.1) is 0 Å². The summed E-state index contributed by atoms with van der Waals surface area (Å²) < 4.78 is 12.2. The average Bonchev–Trinajstić information content (AvgIpc) is 2.58. The summed E-state index contributed by atoms with van der Waals surface area (Å²) >= 11 is 0. The molecule has 8 heteroatoms. The summed E-state index contributed by atoms with van der Waals surface area (Å²) in [6, 6.07) is 4.09. The van der Waals surface area contributed by atoms with Gasteiger partial charge in [-0.25, -0.2) is 9.78 Å². The molecule has 0 bridgehead atoms. The highest BCUT2D eigenvalue weighted by Gasteiger charge is 2.22. The summed E-state index contributed by atoms with van der Waals surface area (Å²) in [7, 11) is -4.45. The molecule has 2 rings (SSSR count). The molecule has 0 unspecified atom stereocenters. The lowest BCUT2D eigenvalue weighted by Gasteiger charge is -2.05. The van der Waals surface area contributed by atoms with Crippen molar-refractivity contribution in [1.29, 1.82) is 0 Å². The van der Waals surface area contributed by atoms with Crippen molar-refractivity contribution in [3.05, 3.63) is 30.1 Å². The first-order chi connectivity index (χ1) is 7.39. The van der Waals surface area contributed by atoms with Crippen LogP contribution in [0.15, 0.2) is 24.4 Å². The second kappa shape index (κ2) is 3.41. The van der Waals surface area contributed by atoms with E-state index >= 15 is 0 Å². The number of aromatic carboxylic acids is 1. The Bertz CT molecular complexity index is 614. The summed E-state index contributed by atoms with van der Waals surface area (Å²) in [6.45, 7) is 0. The van der Waals surface area contributed by atoms with E-state index in [-0.39, 0.29) is 16.8 Å². The van der Waals surface area contributed by atoms with Crippen LogP contribution >= 0.6 is 7.60 Å². The molecule has 0 aliphatic carbocycles. The highest BCUT2D eigenvalue weighted by atomic mass is 31.2. The molecule has 7 nitrogen and oxygen atoms in total. The fraction of sp³-hybridized carbons (Fsp3) is 0. The smallest absolute Gasteiger partial charge is 0.372 e. The number of hydrogen-bond acceptors (Lipinski definition) is 3. The highest BCUT2D eigenvalue weighted by molar-refractivity contribution is 7.60. The van der Waals surface area contributed by atoms with E-state index < -0.39 is 13.6 Å². The molecule has 84 valence electrons. The monoisotopic (exact) mass is 242 g/mol. The van der Waals surface area contributed by atoms with Gasteiger partial charge < -0.3 is 14.9 Å². The molecule has 0 aliphatic rings. The van der Waals surface area contributed by atoms with E-state index in [4.69, 9.17) is 14.9 Å². The molecular weight excluding hydrogens is 235 g/mol. The molecule has 2 heterocycles. The van der Waals surface area contributed by atoms with E-state index in [1.807, 2.05) is 0 Å². The van der Waals surface area contributed by atoms with Crippen LogP contribution in [0.2, 0.25) is 0 Å². The van der Waals surface area contributed by atoms with Crippen LogP contribution in [0.1, 0.15) is 10.5 Å². The Morgan fingerprint density at radius 1 is 1.38 bits per heavy atom. The number of pyridine rings is 1. The summed E-state index contributed by atoms with van der Waals surface area (Å²) in [6.07, 6.45) is 1.08. The van der Waals surface area contributed by atoms with Gasteiger partial charge in [0.15, 0.2) is 5.69 Å². The second-order valence-corrected chi connectivity index (χ2v) is 4.63. The highest BCUT2D eigenvalue weighted by Crippen LogP contribution is 2.33. The molecule has 2 aromatic rings. The largest absolute Gasteiger partial charge is 0.476 e. The number of imidazole rings is 1. The minimum Gasteiger partial charge on any atom is -0.476 e. The van der Waals surface area contributed by atoms with Crippen LogP contribution < -0.4 is 5.44 Å². The third kappa shape index (κ3) is 1.71. The molecule has 2 aromatic heterocycles. The van der Waals surface area contributed by atoms with Crippen molar-refractivity contribution < 1.29 is 24.3 Å². The van der Waals surface area contributed by atoms with Gasteiger partial charge in [-0.1, -0.05) is 6.07 Å².